The van der Waals surface area contributed by atoms with E-state index in [1.165, 1.54) is 0 Å². The summed E-state index contributed by atoms with van der Waals surface area (Å²) in [6, 6.07) is 3.66. The summed E-state index contributed by atoms with van der Waals surface area (Å²) in [5.41, 5.74) is -1.24. The van der Waals surface area contributed by atoms with Gasteiger partial charge in [-0.05, 0) is 17.7 Å². The van der Waals surface area contributed by atoms with Crippen molar-refractivity contribution < 1.29 is 22.5 Å². The summed E-state index contributed by atoms with van der Waals surface area (Å²) in [6.45, 7) is -0.266. The minimum absolute atomic E-state index is 0.116. The highest BCUT2D eigenvalue weighted by Gasteiger charge is 2.20. The van der Waals surface area contributed by atoms with Crippen LogP contribution in [0.2, 0.25) is 0 Å². The van der Waals surface area contributed by atoms with Gasteiger partial charge in [0.2, 0.25) is 0 Å². The lowest BCUT2D eigenvalue weighted by molar-refractivity contribution is -0.384. The largest absolute Gasteiger partial charge is 0.373 e. The first kappa shape index (κ1) is 14.8. The zero-order valence-electron chi connectivity index (χ0n) is 10.4. The first-order valence-electron chi connectivity index (χ1n) is 5.69. The van der Waals surface area contributed by atoms with Crippen LogP contribution in [0.15, 0.2) is 30.3 Å². The van der Waals surface area contributed by atoms with Gasteiger partial charge in [-0.25, -0.2) is 17.6 Å². The molecule has 4 nitrogen and oxygen atoms in total. The van der Waals surface area contributed by atoms with Crippen molar-refractivity contribution in [1.29, 1.82) is 0 Å². The van der Waals surface area contributed by atoms with Gasteiger partial charge in [0.1, 0.15) is 23.1 Å². The van der Waals surface area contributed by atoms with E-state index < -0.39 is 39.6 Å². The number of rotatable bonds is 4. The van der Waals surface area contributed by atoms with E-state index in [1.807, 2.05) is 0 Å². The smallest absolute Gasteiger partial charge is 0.298 e. The topological polar surface area (TPSA) is 55.2 Å². The van der Waals surface area contributed by atoms with Crippen molar-refractivity contribution in [2.75, 3.05) is 5.32 Å². The molecule has 0 unspecified atom stereocenters. The number of hydrogen-bond acceptors (Lipinski definition) is 3. The number of nitro benzene ring substituents is 1. The van der Waals surface area contributed by atoms with E-state index in [2.05, 4.69) is 5.32 Å². The van der Waals surface area contributed by atoms with Crippen molar-refractivity contribution in [3.05, 3.63) is 69.3 Å². The standard InChI is InChI=1S/C13H8F4N2O2/c14-8-1-7(2-9(15)3-8)6-18-13-11(17)4-10(16)5-12(13)19(20)21/h1-5,18H,6H2. The second-order valence-electron chi connectivity index (χ2n) is 4.17. The molecule has 0 heterocycles. The average Bonchev–Trinajstić information content (AvgIpc) is 2.35. The summed E-state index contributed by atoms with van der Waals surface area (Å²) < 4.78 is 52.5. The molecule has 0 bridgehead atoms. The molecule has 0 aliphatic heterocycles. The third kappa shape index (κ3) is 3.47. The Hall–Kier alpha value is -2.64. The van der Waals surface area contributed by atoms with E-state index in [9.17, 15) is 27.7 Å². The molecular weight excluding hydrogens is 292 g/mol. The molecule has 2 aromatic carbocycles. The number of halogens is 4. The van der Waals surface area contributed by atoms with Gasteiger partial charge in [-0.2, -0.15) is 0 Å². The molecule has 0 atom stereocenters. The van der Waals surface area contributed by atoms with Gasteiger partial charge in [-0.1, -0.05) is 0 Å². The zero-order chi connectivity index (χ0) is 15.6. The maximum Gasteiger partial charge on any atom is 0.298 e. The van der Waals surface area contributed by atoms with Crippen LogP contribution >= 0.6 is 0 Å². The fourth-order valence-corrected chi connectivity index (χ4v) is 1.78. The van der Waals surface area contributed by atoms with E-state index in [4.69, 9.17) is 0 Å². The molecule has 0 saturated carbocycles. The average molecular weight is 300 g/mol. The summed E-state index contributed by atoms with van der Waals surface area (Å²) in [5.74, 6) is -3.93. The van der Waals surface area contributed by atoms with Crippen molar-refractivity contribution in [3.8, 4) is 0 Å². The van der Waals surface area contributed by atoms with Crippen LogP contribution < -0.4 is 5.32 Å². The number of benzene rings is 2. The maximum atomic E-state index is 13.6. The fraction of sp³-hybridized carbons (Fsp3) is 0.0769. The normalized spacial score (nSPS) is 10.5. The molecule has 110 valence electrons. The first-order valence-corrected chi connectivity index (χ1v) is 5.69. The second kappa shape index (κ2) is 5.78. The number of nitrogens with one attached hydrogen (secondary N) is 1. The van der Waals surface area contributed by atoms with Crippen molar-refractivity contribution in [2.45, 2.75) is 6.54 Å². The molecule has 0 aliphatic carbocycles. The highest BCUT2D eigenvalue weighted by molar-refractivity contribution is 5.62. The van der Waals surface area contributed by atoms with Crippen molar-refractivity contribution in [3.63, 3.8) is 0 Å². The third-order valence-electron chi connectivity index (χ3n) is 2.62. The molecular formula is C13H8F4N2O2. The van der Waals surface area contributed by atoms with Gasteiger partial charge in [0.15, 0.2) is 5.82 Å². The SMILES string of the molecule is O=[N+]([O-])c1cc(F)cc(F)c1NCc1cc(F)cc(F)c1. The van der Waals surface area contributed by atoms with Crippen LogP contribution in [0.4, 0.5) is 28.9 Å². The number of hydrogen-bond donors (Lipinski definition) is 1. The fourth-order valence-electron chi connectivity index (χ4n) is 1.78. The predicted molar refractivity (Wildman–Crippen MR) is 66.7 cm³/mol. The van der Waals surface area contributed by atoms with Crippen LogP contribution in [0.5, 0.6) is 0 Å². The van der Waals surface area contributed by atoms with E-state index in [0.29, 0.717) is 18.2 Å². The molecule has 8 heteroatoms. The van der Waals surface area contributed by atoms with Crippen LogP contribution in [0.3, 0.4) is 0 Å². The Bertz CT molecular complexity index is 687. The van der Waals surface area contributed by atoms with Gasteiger partial charge in [-0.15, -0.1) is 0 Å². The van der Waals surface area contributed by atoms with Gasteiger partial charge in [-0.3, -0.25) is 10.1 Å². The lowest BCUT2D eigenvalue weighted by Gasteiger charge is -2.09. The molecule has 0 amide bonds. The summed E-state index contributed by atoms with van der Waals surface area (Å²) in [5, 5.41) is 13.1. The summed E-state index contributed by atoms with van der Waals surface area (Å²) >= 11 is 0. The van der Waals surface area contributed by atoms with Gasteiger partial charge in [0.25, 0.3) is 5.69 Å². The first-order chi connectivity index (χ1) is 9.86. The lowest BCUT2D eigenvalue weighted by atomic mass is 10.2. The molecule has 0 saturated heterocycles. The molecule has 2 aromatic rings. The van der Waals surface area contributed by atoms with Gasteiger partial charge in [0.05, 0.1) is 11.0 Å². The number of nitro groups is 1. The Kier molecular flexibility index (Phi) is 4.06. The molecule has 1 N–H and O–H groups in total. The number of nitrogens with zero attached hydrogens (tertiary/aromatic N) is 1. The van der Waals surface area contributed by atoms with E-state index in [-0.39, 0.29) is 12.1 Å². The highest BCUT2D eigenvalue weighted by Crippen LogP contribution is 2.29. The second-order valence-corrected chi connectivity index (χ2v) is 4.17. The molecule has 0 fully saturated rings. The Morgan fingerprint density at radius 3 is 2.10 bits per heavy atom. The Labute approximate surface area is 116 Å². The van der Waals surface area contributed by atoms with Crippen molar-refractivity contribution in [2.24, 2.45) is 0 Å². The Morgan fingerprint density at radius 2 is 1.52 bits per heavy atom. The third-order valence-corrected chi connectivity index (χ3v) is 2.62. The van der Waals surface area contributed by atoms with E-state index in [1.54, 1.807) is 0 Å². The minimum atomic E-state index is -1.17. The van der Waals surface area contributed by atoms with Gasteiger partial charge >= 0.3 is 0 Å². The lowest BCUT2D eigenvalue weighted by Crippen LogP contribution is -2.06. The van der Waals surface area contributed by atoms with Crippen LogP contribution in [-0.4, -0.2) is 4.92 Å². The molecule has 2 rings (SSSR count). The quantitative estimate of drug-likeness (QED) is 0.531. The molecule has 0 aliphatic rings. The van der Waals surface area contributed by atoms with Gasteiger partial charge < -0.3 is 5.32 Å². The number of anilines is 1. The van der Waals surface area contributed by atoms with Crippen LogP contribution in [0.1, 0.15) is 5.56 Å². The monoisotopic (exact) mass is 300 g/mol. The van der Waals surface area contributed by atoms with Crippen LogP contribution in [0.25, 0.3) is 0 Å². The Balaban J connectivity index is 2.29. The van der Waals surface area contributed by atoms with Gasteiger partial charge in [0, 0.05) is 18.7 Å². The summed E-state index contributed by atoms with van der Waals surface area (Å²) in [7, 11) is 0. The van der Waals surface area contributed by atoms with E-state index in [0.717, 1.165) is 12.1 Å². The summed E-state index contributed by atoms with van der Waals surface area (Å²) in [6.07, 6.45) is 0. The molecule has 0 aromatic heterocycles. The summed E-state index contributed by atoms with van der Waals surface area (Å²) in [4.78, 5) is 9.80. The van der Waals surface area contributed by atoms with Crippen LogP contribution in [-0.2, 0) is 6.54 Å². The van der Waals surface area contributed by atoms with Crippen molar-refractivity contribution in [1.82, 2.24) is 0 Å². The highest BCUT2D eigenvalue weighted by atomic mass is 19.1. The minimum Gasteiger partial charge on any atom is -0.373 e. The van der Waals surface area contributed by atoms with Crippen molar-refractivity contribution >= 4 is 11.4 Å². The Morgan fingerprint density at radius 1 is 0.952 bits per heavy atom. The zero-order valence-corrected chi connectivity index (χ0v) is 10.4. The maximum absolute atomic E-state index is 13.6. The van der Waals surface area contributed by atoms with Crippen LogP contribution in [0, 0.1) is 33.4 Å². The molecule has 0 spiro atoms. The van der Waals surface area contributed by atoms with E-state index >= 15 is 0 Å². The molecule has 21 heavy (non-hydrogen) atoms. The predicted octanol–water partition coefficient (Wildman–Crippen LogP) is 3.76. The molecule has 0 radical (unpaired) electrons.